The highest BCUT2D eigenvalue weighted by Crippen LogP contribution is 2.29. The molecular formula is C18H18F3N3O2. The molecule has 0 saturated carbocycles. The van der Waals surface area contributed by atoms with E-state index in [9.17, 15) is 23.1 Å². The highest BCUT2D eigenvalue weighted by atomic mass is 19.4. The van der Waals surface area contributed by atoms with E-state index in [-0.39, 0.29) is 17.2 Å². The fourth-order valence-corrected chi connectivity index (χ4v) is 2.92. The Morgan fingerprint density at radius 2 is 1.81 bits per heavy atom. The summed E-state index contributed by atoms with van der Waals surface area (Å²) in [5.41, 5.74) is -0.541. The number of pyridine rings is 1. The Kier molecular flexibility index (Phi) is 5.01. The molecule has 0 unspecified atom stereocenters. The average Bonchev–Trinajstić information content (AvgIpc) is 2.87. The van der Waals surface area contributed by atoms with E-state index in [0.29, 0.717) is 38.4 Å². The smallest absolute Gasteiger partial charge is 0.417 e. The van der Waals surface area contributed by atoms with Crippen LogP contribution in [0.15, 0.2) is 42.6 Å². The molecule has 1 fully saturated rings. The zero-order valence-corrected chi connectivity index (χ0v) is 13.9. The first-order chi connectivity index (χ1) is 12.4. The molecule has 3 rings (SSSR count). The van der Waals surface area contributed by atoms with Gasteiger partial charge in [-0.25, -0.2) is 4.98 Å². The number of phenols is 1. The van der Waals surface area contributed by atoms with Crippen LogP contribution in [0.1, 0.15) is 22.3 Å². The molecule has 1 aromatic carbocycles. The lowest BCUT2D eigenvalue weighted by atomic mass is 10.1. The minimum atomic E-state index is -4.41. The number of carbonyl (C=O) groups is 1. The number of aromatic nitrogens is 1. The van der Waals surface area contributed by atoms with Gasteiger partial charge in [0.1, 0.15) is 11.6 Å². The SMILES string of the molecule is O=C(c1ccccc1O)N1CCCN(c2ccc(C(F)(F)F)cn2)CC1. The van der Waals surface area contributed by atoms with Crippen molar-refractivity contribution < 1.29 is 23.1 Å². The highest BCUT2D eigenvalue weighted by molar-refractivity contribution is 5.96. The topological polar surface area (TPSA) is 56.7 Å². The van der Waals surface area contributed by atoms with E-state index in [2.05, 4.69) is 4.98 Å². The number of nitrogens with zero attached hydrogens (tertiary/aromatic N) is 3. The van der Waals surface area contributed by atoms with Crippen molar-refractivity contribution in [1.82, 2.24) is 9.88 Å². The molecule has 2 aromatic rings. The van der Waals surface area contributed by atoms with Crippen LogP contribution in [0, 0.1) is 0 Å². The molecule has 1 aromatic heterocycles. The lowest BCUT2D eigenvalue weighted by molar-refractivity contribution is -0.137. The summed E-state index contributed by atoms with van der Waals surface area (Å²) in [6.45, 7) is 1.95. The summed E-state index contributed by atoms with van der Waals surface area (Å²) in [4.78, 5) is 20.0. The number of aromatic hydroxyl groups is 1. The maximum absolute atomic E-state index is 12.6. The number of benzene rings is 1. The number of carbonyl (C=O) groups excluding carboxylic acids is 1. The second-order valence-electron chi connectivity index (χ2n) is 6.05. The maximum atomic E-state index is 12.6. The van der Waals surface area contributed by atoms with Crippen LogP contribution >= 0.6 is 0 Å². The maximum Gasteiger partial charge on any atom is 0.417 e. The predicted molar refractivity (Wildman–Crippen MR) is 90.1 cm³/mol. The summed E-state index contributed by atoms with van der Waals surface area (Å²) in [6, 6.07) is 8.72. The fraction of sp³-hybridized carbons (Fsp3) is 0.333. The van der Waals surface area contributed by atoms with Gasteiger partial charge in [-0.15, -0.1) is 0 Å². The van der Waals surface area contributed by atoms with Gasteiger partial charge in [0, 0.05) is 32.4 Å². The van der Waals surface area contributed by atoms with Crippen LogP contribution in [-0.2, 0) is 6.18 Å². The summed E-state index contributed by atoms with van der Waals surface area (Å²) in [5, 5.41) is 9.84. The molecule has 1 aliphatic heterocycles. The first-order valence-corrected chi connectivity index (χ1v) is 8.22. The zero-order valence-electron chi connectivity index (χ0n) is 13.9. The molecule has 0 radical (unpaired) electrons. The third-order valence-corrected chi connectivity index (χ3v) is 4.32. The van der Waals surface area contributed by atoms with E-state index in [1.807, 2.05) is 4.90 Å². The molecule has 1 amide bonds. The van der Waals surface area contributed by atoms with E-state index in [1.165, 1.54) is 12.1 Å². The third-order valence-electron chi connectivity index (χ3n) is 4.32. The summed E-state index contributed by atoms with van der Waals surface area (Å²) in [6.07, 6.45) is -2.93. The molecule has 2 heterocycles. The van der Waals surface area contributed by atoms with Crippen molar-refractivity contribution in [1.29, 1.82) is 0 Å². The molecule has 8 heteroatoms. The van der Waals surface area contributed by atoms with Gasteiger partial charge in [-0.1, -0.05) is 12.1 Å². The average molecular weight is 365 g/mol. The second-order valence-corrected chi connectivity index (χ2v) is 6.05. The van der Waals surface area contributed by atoms with Gasteiger partial charge in [0.15, 0.2) is 0 Å². The van der Waals surface area contributed by atoms with Gasteiger partial charge in [-0.05, 0) is 30.7 Å². The molecule has 26 heavy (non-hydrogen) atoms. The minimum absolute atomic E-state index is 0.0667. The summed E-state index contributed by atoms with van der Waals surface area (Å²) in [7, 11) is 0. The molecule has 0 spiro atoms. The Balaban J connectivity index is 1.68. The number of anilines is 1. The Morgan fingerprint density at radius 3 is 2.46 bits per heavy atom. The number of para-hydroxylation sites is 1. The van der Waals surface area contributed by atoms with Gasteiger partial charge in [0.05, 0.1) is 11.1 Å². The molecule has 5 nitrogen and oxygen atoms in total. The van der Waals surface area contributed by atoms with Crippen molar-refractivity contribution in [2.45, 2.75) is 12.6 Å². The van der Waals surface area contributed by atoms with Crippen molar-refractivity contribution >= 4 is 11.7 Å². The van der Waals surface area contributed by atoms with Gasteiger partial charge in [0.2, 0.25) is 0 Å². The lowest BCUT2D eigenvalue weighted by Crippen LogP contribution is -2.35. The summed E-state index contributed by atoms with van der Waals surface area (Å²) in [5.74, 6) is 0.128. The molecule has 1 saturated heterocycles. The number of rotatable bonds is 2. The van der Waals surface area contributed by atoms with Gasteiger partial charge in [0.25, 0.3) is 5.91 Å². The zero-order chi connectivity index (χ0) is 18.7. The quantitative estimate of drug-likeness (QED) is 0.888. The minimum Gasteiger partial charge on any atom is -0.507 e. The fourth-order valence-electron chi connectivity index (χ4n) is 2.92. The van der Waals surface area contributed by atoms with Crippen molar-refractivity contribution in [3.8, 4) is 5.75 Å². The van der Waals surface area contributed by atoms with E-state index in [4.69, 9.17) is 0 Å². The van der Waals surface area contributed by atoms with E-state index in [0.717, 1.165) is 12.3 Å². The molecule has 1 N–H and O–H groups in total. The molecule has 1 aliphatic rings. The number of hydrogen-bond acceptors (Lipinski definition) is 4. The monoisotopic (exact) mass is 365 g/mol. The van der Waals surface area contributed by atoms with Crippen LogP contribution in [0.2, 0.25) is 0 Å². The van der Waals surface area contributed by atoms with Crippen molar-refractivity contribution in [3.63, 3.8) is 0 Å². The Bertz CT molecular complexity index is 778. The first kappa shape index (κ1) is 18.0. The molecule has 0 aliphatic carbocycles. The van der Waals surface area contributed by atoms with Crippen molar-refractivity contribution in [2.75, 3.05) is 31.1 Å². The van der Waals surface area contributed by atoms with E-state index >= 15 is 0 Å². The third kappa shape index (κ3) is 3.89. The van der Waals surface area contributed by atoms with Crippen LogP contribution in [-0.4, -0.2) is 47.1 Å². The van der Waals surface area contributed by atoms with Crippen molar-refractivity contribution in [3.05, 3.63) is 53.7 Å². The largest absolute Gasteiger partial charge is 0.507 e. The number of phenolic OH excluding ortho intramolecular Hbond substituents is 1. The molecular weight excluding hydrogens is 347 g/mol. The van der Waals surface area contributed by atoms with Gasteiger partial charge < -0.3 is 14.9 Å². The van der Waals surface area contributed by atoms with Crippen LogP contribution in [0.5, 0.6) is 5.75 Å². The standard InChI is InChI=1S/C18H18F3N3O2/c19-18(20,21)13-6-7-16(22-12-13)23-8-3-9-24(11-10-23)17(26)14-4-1-2-5-15(14)25/h1-2,4-7,12,25H,3,8-11H2. The van der Waals surface area contributed by atoms with Gasteiger partial charge in [-0.3, -0.25) is 4.79 Å². The highest BCUT2D eigenvalue weighted by Gasteiger charge is 2.31. The molecule has 0 atom stereocenters. The number of halogens is 3. The van der Waals surface area contributed by atoms with Gasteiger partial charge >= 0.3 is 6.18 Å². The van der Waals surface area contributed by atoms with E-state index in [1.54, 1.807) is 23.1 Å². The van der Waals surface area contributed by atoms with Crippen LogP contribution < -0.4 is 4.90 Å². The Hall–Kier alpha value is -2.77. The Labute approximate surface area is 148 Å². The number of alkyl halides is 3. The Morgan fingerprint density at radius 1 is 1.04 bits per heavy atom. The number of hydrogen-bond donors (Lipinski definition) is 1. The van der Waals surface area contributed by atoms with Crippen LogP contribution in [0.25, 0.3) is 0 Å². The summed E-state index contributed by atoms with van der Waals surface area (Å²) >= 11 is 0. The van der Waals surface area contributed by atoms with E-state index < -0.39 is 11.7 Å². The summed E-state index contributed by atoms with van der Waals surface area (Å²) < 4.78 is 37.9. The normalized spacial score (nSPS) is 15.7. The second kappa shape index (κ2) is 7.23. The predicted octanol–water partition coefficient (Wildman–Crippen LogP) is 3.16. The van der Waals surface area contributed by atoms with Crippen LogP contribution in [0.4, 0.5) is 19.0 Å². The first-order valence-electron chi connectivity index (χ1n) is 8.22. The van der Waals surface area contributed by atoms with Crippen LogP contribution in [0.3, 0.4) is 0 Å². The van der Waals surface area contributed by atoms with Gasteiger partial charge in [-0.2, -0.15) is 13.2 Å². The molecule has 0 bridgehead atoms. The molecule has 138 valence electrons. The lowest BCUT2D eigenvalue weighted by Gasteiger charge is -2.23. The van der Waals surface area contributed by atoms with Crippen molar-refractivity contribution in [2.24, 2.45) is 0 Å². The number of amides is 1.